The highest BCUT2D eigenvalue weighted by atomic mass is 35.5. The minimum absolute atomic E-state index is 0. The van der Waals surface area contributed by atoms with Crippen LogP contribution in [0.2, 0.25) is 0 Å². The number of hydrogen-bond acceptors (Lipinski definition) is 3. The van der Waals surface area contributed by atoms with Crippen molar-refractivity contribution in [1.82, 2.24) is 20.6 Å². The van der Waals surface area contributed by atoms with Crippen LogP contribution in [0.5, 0.6) is 0 Å². The van der Waals surface area contributed by atoms with Gasteiger partial charge in [-0.15, -0.1) is 12.4 Å². The second kappa shape index (κ2) is 6.04. The molecular formula is C13H17ClN4O. The summed E-state index contributed by atoms with van der Waals surface area (Å²) in [6.07, 6.45) is 3.80. The lowest BCUT2D eigenvalue weighted by molar-refractivity contribution is 0.0931. The minimum atomic E-state index is -0.0137. The molecule has 1 aromatic carbocycles. The van der Waals surface area contributed by atoms with Crippen LogP contribution in [-0.2, 0) is 0 Å². The first-order valence-corrected chi connectivity index (χ1v) is 6.27. The summed E-state index contributed by atoms with van der Waals surface area (Å²) < 4.78 is 0. The number of halogens is 1. The van der Waals surface area contributed by atoms with Gasteiger partial charge < -0.3 is 15.6 Å². The van der Waals surface area contributed by atoms with Crippen molar-refractivity contribution in [2.45, 2.75) is 18.9 Å². The zero-order chi connectivity index (χ0) is 12.4. The van der Waals surface area contributed by atoms with Gasteiger partial charge in [-0.05, 0) is 37.6 Å². The number of imidazole rings is 1. The molecule has 19 heavy (non-hydrogen) atoms. The van der Waals surface area contributed by atoms with Gasteiger partial charge in [-0.25, -0.2) is 4.98 Å². The molecule has 3 N–H and O–H groups in total. The van der Waals surface area contributed by atoms with E-state index in [9.17, 15) is 4.79 Å². The molecule has 1 fully saturated rings. The maximum absolute atomic E-state index is 12.1. The molecule has 2 aromatic rings. The molecule has 102 valence electrons. The Hall–Kier alpha value is -1.59. The van der Waals surface area contributed by atoms with E-state index in [1.807, 2.05) is 18.2 Å². The first kappa shape index (κ1) is 13.8. The predicted octanol–water partition coefficient (Wildman–Crippen LogP) is 1.47. The highest BCUT2D eigenvalue weighted by molar-refractivity contribution is 5.97. The molecule has 1 saturated heterocycles. The molecule has 0 radical (unpaired) electrons. The lowest BCUT2D eigenvalue weighted by Gasteiger charge is -2.23. The van der Waals surface area contributed by atoms with Gasteiger partial charge in [0.25, 0.3) is 5.91 Å². The van der Waals surface area contributed by atoms with E-state index in [2.05, 4.69) is 20.6 Å². The molecule has 1 amide bonds. The van der Waals surface area contributed by atoms with Crippen LogP contribution in [-0.4, -0.2) is 35.0 Å². The number of benzene rings is 1. The van der Waals surface area contributed by atoms with Crippen molar-refractivity contribution >= 4 is 29.3 Å². The number of nitrogens with one attached hydrogen (secondary N) is 3. The number of aromatic nitrogens is 2. The van der Waals surface area contributed by atoms with E-state index >= 15 is 0 Å². The Balaban J connectivity index is 0.00000133. The van der Waals surface area contributed by atoms with Crippen molar-refractivity contribution in [1.29, 1.82) is 0 Å². The first-order valence-electron chi connectivity index (χ1n) is 6.27. The van der Waals surface area contributed by atoms with E-state index in [4.69, 9.17) is 0 Å². The third kappa shape index (κ3) is 3.05. The Bertz CT molecular complexity index is 563. The second-order valence-corrected chi connectivity index (χ2v) is 4.65. The van der Waals surface area contributed by atoms with Gasteiger partial charge in [-0.1, -0.05) is 0 Å². The van der Waals surface area contributed by atoms with Crippen molar-refractivity contribution < 1.29 is 4.79 Å². The van der Waals surface area contributed by atoms with Crippen LogP contribution < -0.4 is 10.6 Å². The fourth-order valence-electron chi connectivity index (χ4n) is 2.32. The third-order valence-electron chi connectivity index (χ3n) is 3.31. The van der Waals surface area contributed by atoms with Gasteiger partial charge >= 0.3 is 0 Å². The van der Waals surface area contributed by atoms with Gasteiger partial charge in [0.2, 0.25) is 0 Å². The van der Waals surface area contributed by atoms with E-state index in [-0.39, 0.29) is 24.4 Å². The summed E-state index contributed by atoms with van der Waals surface area (Å²) in [5.41, 5.74) is 2.45. The fraction of sp³-hybridized carbons (Fsp3) is 0.385. The Morgan fingerprint density at radius 1 is 1.42 bits per heavy atom. The predicted molar refractivity (Wildman–Crippen MR) is 76.7 cm³/mol. The van der Waals surface area contributed by atoms with E-state index in [1.54, 1.807) is 6.33 Å². The number of H-pyrrole nitrogens is 1. The molecular weight excluding hydrogens is 264 g/mol. The summed E-state index contributed by atoms with van der Waals surface area (Å²) in [6, 6.07) is 5.76. The standard InChI is InChI=1S/C13H16N4O.ClH/c18-13(17-10-2-1-5-14-7-10)9-3-4-11-12(6-9)16-8-15-11;/h3-4,6,8,10,14H,1-2,5,7H2,(H,15,16)(H,17,18);1H. The van der Waals surface area contributed by atoms with Gasteiger partial charge in [0.15, 0.2) is 0 Å². The summed E-state index contributed by atoms with van der Waals surface area (Å²) in [6.45, 7) is 1.91. The highest BCUT2D eigenvalue weighted by Crippen LogP contribution is 2.12. The van der Waals surface area contributed by atoms with E-state index < -0.39 is 0 Å². The number of nitrogens with zero attached hydrogens (tertiary/aromatic N) is 1. The Morgan fingerprint density at radius 2 is 2.32 bits per heavy atom. The molecule has 0 bridgehead atoms. The summed E-state index contributed by atoms with van der Waals surface area (Å²) in [7, 11) is 0. The van der Waals surface area contributed by atoms with Crippen LogP contribution in [0, 0.1) is 0 Å². The SMILES string of the molecule is Cl.O=C(NC1CCCNC1)c1ccc2nc[nH]c2c1. The number of carbonyl (C=O) groups excluding carboxylic acids is 1. The average molecular weight is 281 g/mol. The normalized spacial score (nSPS) is 18.8. The van der Waals surface area contributed by atoms with Gasteiger partial charge in [0.05, 0.1) is 17.4 Å². The second-order valence-electron chi connectivity index (χ2n) is 4.65. The monoisotopic (exact) mass is 280 g/mol. The van der Waals surface area contributed by atoms with Crippen molar-refractivity contribution in [2.24, 2.45) is 0 Å². The Kier molecular flexibility index (Phi) is 4.39. The van der Waals surface area contributed by atoms with Crippen LogP contribution in [0.3, 0.4) is 0 Å². The molecule has 1 aliphatic heterocycles. The molecule has 2 heterocycles. The average Bonchev–Trinajstić information content (AvgIpc) is 2.87. The van der Waals surface area contributed by atoms with E-state index in [1.165, 1.54) is 0 Å². The van der Waals surface area contributed by atoms with Crippen LogP contribution >= 0.6 is 12.4 Å². The summed E-state index contributed by atoms with van der Waals surface area (Å²) in [5, 5.41) is 6.34. The molecule has 0 spiro atoms. The number of hydrogen-bond donors (Lipinski definition) is 3. The molecule has 3 rings (SSSR count). The summed E-state index contributed by atoms with van der Waals surface area (Å²) in [5.74, 6) is -0.0137. The van der Waals surface area contributed by atoms with Gasteiger partial charge in [-0.3, -0.25) is 4.79 Å². The lowest BCUT2D eigenvalue weighted by atomic mass is 10.1. The molecule has 1 aliphatic rings. The number of aromatic amines is 1. The Morgan fingerprint density at radius 3 is 3.11 bits per heavy atom. The summed E-state index contributed by atoms with van der Waals surface area (Å²) >= 11 is 0. The summed E-state index contributed by atoms with van der Waals surface area (Å²) in [4.78, 5) is 19.3. The van der Waals surface area contributed by atoms with Crippen molar-refractivity contribution in [3.63, 3.8) is 0 Å². The number of piperidine rings is 1. The highest BCUT2D eigenvalue weighted by Gasteiger charge is 2.16. The quantitative estimate of drug-likeness (QED) is 0.780. The largest absolute Gasteiger partial charge is 0.348 e. The van der Waals surface area contributed by atoms with E-state index in [0.717, 1.165) is 37.0 Å². The molecule has 1 aromatic heterocycles. The number of rotatable bonds is 2. The topological polar surface area (TPSA) is 69.8 Å². The maximum atomic E-state index is 12.1. The van der Waals surface area contributed by atoms with E-state index in [0.29, 0.717) is 5.56 Å². The van der Waals surface area contributed by atoms with Crippen LogP contribution in [0.15, 0.2) is 24.5 Å². The zero-order valence-corrected chi connectivity index (χ0v) is 11.3. The van der Waals surface area contributed by atoms with Crippen LogP contribution in [0.25, 0.3) is 11.0 Å². The molecule has 5 nitrogen and oxygen atoms in total. The molecule has 1 unspecified atom stereocenters. The van der Waals surface area contributed by atoms with Gasteiger partial charge in [-0.2, -0.15) is 0 Å². The van der Waals surface area contributed by atoms with Crippen LogP contribution in [0.4, 0.5) is 0 Å². The lowest BCUT2D eigenvalue weighted by Crippen LogP contribution is -2.45. The molecule has 1 atom stereocenters. The molecule has 0 aliphatic carbocycles. The van der Waals surface area contributed by atoms with Crippen molar-refractivity contribution in [3.05, 3.63) is 30.1 Å². The van der Waals surface area contributed by atoms with Crippen molar-refractivity contribution in [3.8, 4) is 0 Å². The number of amides is 1. The van der Waals surface area contributed by atoms with Crippen LogP contribution in [0.1, 0.15) is 23.2 Å². The number of fused-ring (bicyclic) bond motifs is 1. The van der Waals surface area contributed by atoms with Crippen molar-refractivity contribution in [2.75, 3.05) is 13.1 Å². The molecule has 0 saturated carbocycles. The zero-order valence-electron chi connectivity index (χ0n) is 10.5. The number of carbonyl (C=O) groups is 1. The third-order valence-corrected chi connectivity index (χ3v) is 3.31. The fourth-order valence-corrected chi connectivity index (χ4v) is 2.32. The Labute approximate surface area is 117 Å². The molecule has 6 heteroatoms. The maximum Gasteiger partial charge on any atom is 0.251 e. The minimum Gasteiger partial charge on any atom is -0.348 e. The first-order chi connectivity index (χ1) is 8.83. The van der Waals surface area contributed by atoms with Gasteiger partial charge in [0.1, 0.15) is 0 Å². The van der Waals surface area contributed by atoms with Gasteiger partial charge in [0, 0.05) is 18.2 Å². The smallest absolute Gasteiger partial charge is 0.251 e.